The van der Waals surface area contributed by atoms with Crippen molar-refractivity contribution in [3.63, 3.8) is 0 Å². The standard InChI is InChI=1S/C16H16N4O8S.C10H12N4O5S.2Na/c1-26-19-9(8-3-2-4-27-8)12(21)18-10-13(22)20-11(15(23)24)7(5-28-16(17)25)6-29-14(10)20;1-10(5-13-3-2-11-12-13)8(9(16)17)14-6(15)4-7(14)20(10,18)19;;/h2-4,10,14H,5-6H2,1H3,(H2,17,25)(H,18,21)(H,23,24);2-3,7-8H,4-5H2,1H3,(H,16,17);;/q;;2*+1/p-2/b19-9-;;;/t10-,14-;7-,8+,10+;;/m11../s1. The SMILES string of the molecule is CO/N=C(\C(=O)N[C@@H]1C(=O)N2C(C(=O)[O-])=C(COC(N)=O)CS[C@H]12)c1ccco1.C[C@]1(Cn2ccnn2)[C@H](C(=O)[O-])N2C(=O)C[C@H]2S1(=O)=O.[Na+].[Na+]. The van der Waals surface area contributed by atoms with Gasteiger partial charge < -0.3 is 49.7 Å². The third kappa shape index (κ3) is 7.70. The number of furan rings is 1. The van der Waals surface area contributed by atoms with E-state index in [4.69, 9.17) is 10.2 Å². The molecule has 3 saturated heterocycles. The smallest absolute Gasteiger partial charge is 0.548 e. The number of nitrogens with one attached hydrogen (secondary N) is 1. The number of aliphatic carboxylic acids is 2. The van der Waals surface area contributed by atoms with Crippen molar-refractivity contribution in [2.75, 3.05) is 19.5 Å². The van der Waals surface area contributed by atoms with E-state index in [0.29, 0.717) is 0 Å². The van der Waals surface area contributed by atoms with E-state index in [2.05, 4.69) is 30.4 Å². The molecular formula is C26H26N8Na2O13S2. The van der Waals surface area contributed by atoms with E-state index in [0.717, 1.165) is 9.80 Å². The van der Waals surface area contributed by atoms with Crippen LogP contribution in [0.25, 0.3) is 0 Å². The van der Waals surface area contributed by atoms with E-state index in [1.54, 1.807) is 6.07 Å². The number of oxime groups is 1. The average Bonchev–Trinajstić information content (AvgIpc) is 3.78. The predicted octanol–water partition coefficient (Wildman–Crippen LogP) is -10.7. The number of nitrogens with zero attached hydrogens (tertiary/aromatic N) is 6. The summed E-state index contributed by atoms with van der Waals surface area (Å²) in [6.07, 6.45) is 2.88. The molecule has 5 atom stereocenters. The molecule has 0 saturated carbocycles. The van der Waals surface area contributed by atoms with Gasteiger partial charge in [-0.2, -0.15) is 0 Å². The van der Waals surface area contributed by atoms with Gasteiger partial charge in [-0.25, -0.2) is 13.2 Å². The molecule has 0 spiro atoms. The van der Waals surface area contributed by atoms with Crippen LogP contribution >= 0.6 is 11.8 Å². The number of carbonyl (C=O) groups is 6. The Morgan fingerprint density at radius 2 is 1.94 bits per heavy atom. The van der Waals surface area contributed by atoms with Crippen molar-refractivity contribution in [1.29, 1.82) is 0 Å². The fourth-order valence-corrected chi connectivity index (χ4v) is 9.45. The van der Waals surface area contributed by atoms with Crippen LogP contribution in [0.5, 0.6) is 0 Å². The number of carbonyl (C=O) groups excluding carboxylic acids is 6. The number of β-lactam (4-membered cyclic amide) rings is 2. The van der Waals surface area contributed by atoms with Crippen molar-refractivity contribution < 1.29 is 121 Å². The fraction of sp³-hybridized carbons (Fsp3) is 0.423. The molecule has 4 amide bonds. The first kappa shape index (κ1) is 42.0. The fourth-order valence-electron chi connectivity index (χ4n) is 5.76. The minimum atomic E-state index is -3.84. The van der Waals surface area contributed by atoms with Gasteiger partial charge in [-0.15, -0.1) is 16.9 Å². The molecule has 0 bridgehead atoms. The first-order valence-corrected chi connectivity index (χ1v) is 16.6. The van der Waals surface area contributed by atoms with E-state index in [1.807, 2.05) is 0 Å². The summed E-state index contributed by atoms with van der Waals surface area (Å²) in [5.74, 6) is -4.81. The van der Waals surface area contributed by atoms with Crippen LogP contribution in [0.4, 0.5) is 4.79 Å². The van der Waals surface area contributed by atoms with Gasteiger partial charge in [-0.05, 0) is 19.1 Å². The maximum Gasteiger partial charge on any atom is 1.00 e. The van der Waals surface area contributed by atoms with Crippen molar-refractivity contribution in [3.8, 4) is 0 Å². The van der Waals surface area contributed by atoms with Crippen LogP contribution < -0.4 is 80.4 Å². The number of nitrogens with two attached hydrogens (primary N) is 1. The predicted molar refractivity (Wildman–Crippen MR) is 156 cm³/mol. The monoisotopic (exact) mass is 768 g/mol. The van der Waals surface area contributed by atoms with Gasteiger partial charge in [0.15, 0.2) is 15.6 Å². The zero-order valence-electron chi connectivity index (χ0n) is 27.4. The Balaban J connectivity index is 0.000000281. The number of carboxylic acid groups (broad SMARTS) is 2. The van der Waals surface area contributed by atoms with Crippen LogP contribution in [0.15, 0.2) is 51.6 Å². The van der Waals surface area contributed by atoms with Gasteiger partial charge in [-0.3, -0.25) is 24.0 Å². The molecule has 21 nitrogen and oxygen atoms in total. The minimum Gasteiger partial charge on any atom is -0.548 e. The number of rotatable bonds is 10. The molecule has 51 heavy (non-hydrogen) atoms. The second-order valence-electron chi connectivity index (χ2n) is 10.9. The molecule has 3 fully saturated rings. The number of hydrogen-bond acceptors (Lipinski definition) is 17. The molecule has 25 heteroatoms. The van der Waals surface area contributed by atoms with E-state index in [-0.39, 0.29) is 101 Å². The summed E-state index contributed by atoms with van der Waals surface area (Å²) in [6.45, 7) is 0.715. The molecule has 0 unspecified atom stereocenters. The van der Waals surface area contributed by atoms with Crippen LogP contribution in [-0.2, 0) is 49.9 Å². The van der Waals surface area contributed by atoms with E-state index in [9.17, 15) is 47.4 Å². The first-order valence-electron chi connectivity index (χ1n) is 14.0. The summed E-state index contributed by atoms with van der Waals surface area (Å²) in [4.78, 5) is 76.8. The Morgan fingerprint density at radius 3 is 2.47 bits per heavy atom. The average molecular weight is 769 g/mol. The number of ether oxygens (including phenoxy) is 1. The number of amides is 4. The van der Waals surface area contributed by atoms with E-state index in [1.165, 1.54) is 55.2 Å². The maximum absolute atomic E-state index is 12.5. The molecule has 6 rings (SSSR count). The molecule has 0 aromatic carbocycles. The quantitative estimate of drug-likeness (QED) is 0.0981. The number of aromatic nitrogens is 3. The molecule has 0 aliphatic carbocycles. The number of fused-ring (bicyclic) bond motifs is 2. The summed E-state index contributed by atoms with van der Waals surface area (Å²) < 4.78 is 34.3. The van der Waals surface area contributed by atoms with Crippen LogP contribution in [-0.4, -0.2) is 122 Å². The van der Waals surface area contributed by atoms with Gasteiger partial charge >= 0.3 is 65.2 Å². The van der Waals surface area contributed by atoms with E-state index < -0.39 is 78.9 Å². The van der Waals surface area contributed by atoms with Crippen molar-refractivity contribution in [2.24, 2.45) is 10.9 Å². The molecule has 0 radical (unpaired) electrons. The topological polar surface area (TPSA) is 302 Å². The number of hydrogen-bond donors (Lipinski definition) is 2. The molecule has 4 aliphatic heterocycles. The van der Waals surface area contributed by atoms with Gasteiger partial charge in [0.05, 0.1) is 49.1 Å². The zero-order valence-corrected chi connectivity index (χ0v) is 33.0. The van der Waals surface area contributed by atoms with Gasteiger partial charge in [0.2, 0.25) is 11.6 Å². The van der Waals surface area contributed by atoms with Crippen molar-refractivity contribution >= 4 is 63.1 Å². The largest absolute Gasteiger partial charge is 1.00 e. The summed E-state index contributed by atoms with van der Waals surface area (Å²) in [7, 11) is -2.59. The molecule has 2 aromatic heterocycles. The van der Waals surface area contributed by atoms with Gasteiger partial charge in [0, 0.05) is 17.5 Å². The second-order valence-corrected chi connectivity index (χ2v) is 14.6. The van der Waals surface area contributed by atoms with Crippen molar-refractivity contribution in [3.05, 3.63) is 47.8 Å². The Kier molecular flexibility index (Phi) is 13.6. The normalized spacial score (nSPS) is 25.6. The molecule has 3 N–H and O–H groups in total. The minimum absolute atomic E-state index is 0. The molecular weight excluding hydrogens is 742 g/mol. The third-order valence-corrected chi connectivity index (χ3v) is 12.2. The summed E-state index contributed by atoms with van der Waals surface area (Å²) >= 11 is 1.18. The van der Waals surface area contributed by atoms with Gasteiger partial charge in [-0.1, -0.05) is 10.4 Å². The maximum atomic E-state index is 12.5. The Labute approximate surface area is 336 Å². The Bertz CT molecular complexity index is 1870. The third-order valence-electron chi connectivity index (χ3n) is 8.05. The van der Waals surface area contributed by atoms with Crippen molar-refractivity contribution in [1.82, 2.24) is 30.1 Å². The van der Waals surface area contributed by atoms with E-state index >= 15 is 0 Å². The number of sulfone groups is 1. The Hall–Kier alpha value is -3.45. The Morgan fingerprint density at radius 1 is 1.24 bits per heavy atom. The van der Waals surface area contributed by atoms with Crippen LogP contribution in [0.2, 0.25) is 0 Å². The summed E-state index contributed by atoms with van der Waals surface area (Å²) in [5, 5.41) is 34.5. The number of thioether (sulfide) groups is 1. The van der Waals surface area contributed by atoms with Crippen LogP contribution in [0.1, 0.15) is 19.1 Å². The van der Waals surface area contributed by atoms with Crippen LogP contribution in [0, 0.1) is 0 Å². The second kappa shape index (κ2) is 16.5. The number of primary amides is 1. The summed E-state index contributed by atoms with van der Waals surface area (Å²) in [5.41, 5.74) is 4.48. The van der Waals surface area contributed by atoms with Crippen molar-refractivity contribution in [2.45, 2.75) is 47.5 Å². The molecule has 6 heterocycles. The summed E-state index contributed by atoms with van der Waals surface area (Å²) in [6, 6.07) is 0.525. The van der Waals surface area contributed by atoms with Gasteiger partial charge in [0.1, 0.15) is 35.3 Å². The van der Waals surface area contributed by atoms with Crippen LogP contribution in [0.3, 0.4) is 0 Å². The first-order chi connectivity index (χ1) is 23.1. The number of carboxylic acids is 2. The van der Waals surface area contributed by atoms with Gasteiger partial charge in [0.25, 0.3) is 11.8 Å². The zero-order chi connectivity index (χ0) is 35.8. The molecule has 2 aromatic rings. The molecule has 4 aliphatic rings. The molecule has 262 valence electrons.